The molecule has 1 heterocycles. The highest BCUT2D eigenvalue weighted by molar-refractivity contribution is 8.13. The van der Waals surface area contributed by atoms with E-state index >= 15 is 0 Å². The normalized spacial score (nSPS) is 12.9. The third-order valence-electron chi connectivity index (χ3n) is 2.86. The Morgan fingerprint density at radius 3 is 2.43 bits per heavy atom. The van der Waals surface area contributed by atoms with Crippen LogP contribution in [0.25, 0.3) is 0 Å². The zero-order chi connectivity index (χ0) is 15.6. The Bertz CT molecular complexity index is 753. The van der Waals surface area contributed by atoms with Crippen molar-refractivity contribution in [3.05, 3.63) is 47.3 Å². The zero-order valence-electron chi connectivity index (χ0n) is 11.3. The second-order valence-corrected chi connectivity index (χ2v) is 7.10. The molecule has 2 rings (SSSR count). The number of carbonyl (C=O) groups is 1. The maximum Gasteiger partial charge on any atom is 0.290 e. The molecule has 0 saturated carbocycles. The molecule has 1 amide bonds. The summed E-state index contributed by atoms with van der Waals surface area (Å²) in [5.41, 5.74) is 1.35. The first-order valence-corrected chi connectivity index (χ1v) is 8.37. The van der Waals surface area contributed by atoms with Crippen LogP contribution in [-0.4, -0.2) is 19.5 Å². The van der Waals surface area contributed by atoms with E-state index < -0.39 is 15.0 Å². The predicted molar refractivity (Wildman–Crippen MR) is 76.6 cm³/mol. The third-order valence-corrected chi connectivity index (χ3v) is 4.23. The Kier molecular flexibility index (Phi) is 4.34. The SMILES string of the molecule is Cc1cc(C(=O)NC(C)c2ccc(S(=O)(=O)Cl)cc2)on1. The van der Waals surface area contributed by atoms with E-state index in [9.17, 15) is 13.2 Å². The van der Waals surface area contributed by atoms with Gasteiger partial charge in [0, 0.05) is 16.7 Å². The number of nitrogens with zero attached hydrogens (tertiary/aromatic N) is 1. The minimum Gasteiger partial charge on any atom is -0.351 e. The number of rotatable bonds is 4. The Morgan fingerprint density at radius 2 is 1.95 bits per heavy atom. The van der Waals surface area contributed by atoms with E-state index in [2.05, 4.69) is 10.5 Å². The van der Waals surface area contributed by atoms with Crippen molar-refractivity contribution in [2.75, 3.05) is 0 Å². The number of carbonyl (C=O) groups excluding carboxylic acids is 1. The van der Waals surface area contributed by atoms with E-state index in [1.165, 1.54) is 18.2 Å². The Morgan fingerprint density at radius 1 is 1.33 bits per heavy atom. The van der Waals surface area contributed by atoms with Crippen molar-refractivity contribution in [3.8, 4) is 0 Å². The van der Waals surface area contributed by atoms with Crippen molar-refractivity contribution in [2.24, 2.45) is 0 Å². The lowest BCUT2D eigenvalue weighted by Gasteiger charge is -2.13. The summed E-state index contributed by atoms with van der Waals surface area (Å²) < 4.78 is 27.2. The molecule has 0 fully saturated rings. The van der Waals surface area contributed by atoms with Crippen molar-refractivity contribution in [1.29, 1.82) is 0 Å². The van der Waals surface area contributed by atoms with Crippen LogP contribution in [0.15, 0.2) is 39.8 Å². The topological polar surface area (TPSA) is 89.3 Å². The highest BCUT2D eigenvalue weighted by Crippen LogP contribution is 2.19. The summed E-state index contributed by atoms with van der Waals surface area (Å²) in [4.78, 5) is 11.9. The lowest BCUT2D eigenvalue weighted by molar-refractivity contribution is 0.0902. The number of aryl methyl sites for hydroxylation is 1. The number of aromatic nitrogens is 1. The molecular formula is C13H13ClN2O4S. The lowest BCUT2D eigenvalue weighted by Crippen LogP contribution is -2.26. The highest BCUT2D eigenvalue weighted by atomic mass is 35.7. The average Bonchev–Trinajstić information content (AvgIpc) is 2.84. The minimum absolute atomic E-state index is 0.0114. The van der Waals surface area contributed by atoms with Gasteiger partial charge in [-0.15, -0.1) is 0 Å². The predicted octanol–water partition coefficient (Wildman–Crippen LogP) is 2.40. The molecule has 0 aliphatic heterocycles. The molecule has 21 heavy (non-hydrogen) atoms. The summed E-state index contributed by atoms with van der Waals surface area (Å²) in [7, 11) is 1.49. The molecule has 6 nitrogen and oxygen atoms in total. The van der Waals surface area contributed by atoms with Gasteiger partial charge in [-0.05, 0) is 31.5 Å². The fourth-order valence-electron chi connectivity index (χ4n) is 1.74. The minimum atomic E-state index is -3.75. The van der Waals surface area contributed by atoms with E-state index in [0.29, 0.717) is 5.69 Å². The van der Waals surface area contributed by atoms with E-state index in [1.54, 1.807) is 26.0 Å². The van der Waals surface area contributed by atoms with E-state index in [1.807, 2.05) is 0 Å². The Balaban J connectivity index is 2.10. The van der Waals surface area contributed by atoms with Crippen LogP contribution in [0.2, 0.25) is 0 Å². The number of hydrogen-bond acceptors (Lipinski definition) is 5. The van der Waals surface area contributed by atoms with Crippen LogP contribution in [0.5, 0.6) is 0 Å². The Labute approximate surface area is 126 Å². The molecule has 0 radical (unpaired) electrons. The molecule has 0 aliphatic carbocycles. The first kappa shape index (κ1) is 15.5. The molecule has 112 valence electrons. The van der Waals surface area contributed by atoms with Gasteiger partial charge in [0.15, 0.2) is 0 Å². The van der Waals surface area contributed by atoms with Crippen LogP contribution >= 0.6 is 10.7 Å². The first-order valence-electron chi connectivity index (χ1n) is 6.06. The van der Waals surface area contributed by atoms with Crippen LogP contribution in [0, 0.1) is 6.92 Å². The Hall–Kier alpha value is -1.86. The van der Waals surface area contributed by atoms with Crippen LogP contribution in [0.4, 0.5) is 0 Å². The standard InChI is InChI=1S/C13H13ClN2O4S/c1-8-7-12(20-16-8)13(17)15-9(2)10-3-5-11(6-4-10)21(14,18)19/h3-7,9H,1-2H3,(H,15,17). The molecule has 0 bridgehead atoms. The van der Waals surface area contributed by atoms with Gasteiger partial charge in [-0.2, -0.15) is 0 Å². The number of amides is 1. The molecule has 1 unspecified atom stereocenters. The molecule has 1 atom stereocenters. The molecule has 0 spiro atoms. The molecule has 1 N–H and O–H groups in total. The molecule has 2 aromatic rings. The van der Waals surface area contributed by atoms with Gasteiger partial charge < -0.3 is 9.84 Å². The lowest BCUT2D eigenvalue weighted by atomic mass is 10.1. The highest BCUT2D eigenvalue weighted by Gasteiger charge is 2.16. The molecule has 1 aromatic heterocycles. The van der Waals surface area contributed by atoms with Gasteiger partial charge in [0.2, 0.25) is 5.76 Å². The number of hydrogen-bond donors (Lipinski definition) is 1. The van der Waals surface area contributed by atoms with Gasteiger partial charge in [0.25, 0.3) is 15.0 Å². The summed E-state index contributed by atoms with van der Waals surface area (Å²) in [6, 6.07) is 7.16. The largest absolute Gasteiger partial charge is 0.351 e. The van der Waals surface area contributed by atoms with Crippen LogP contribution in [0.3, 0.4) is 0 Å². The van der Waals surface area contributed by atoms with Gasteiger partial charge in [-0.1, -0.05) is 17.3 Å². The van der Waals surface area contributed by atoms with Gasteiger partial charge in [0.05, 0.1) is 16.6 Å². The monoisotopic (exact) mass is 328 g/mol. The summed E-state index contributed by atoms with van der Waals surface area (Å²) in [6.45, 7) is 3.49. The second kappa shape index (κ2) is 5.87. The summed E-state index contributed by atoms with van der Waals surface area (Å²) in [6.07, 6.45) is 0. The molecular weight excluding hydrogens is 316 g/mol. The summed E-state index contributed by atoms with van der Waals surface area (Å²) in [5.74, 6) is -0.267. The van der Waals surface area contributed by atoms with E-state index in [0.717, 1.165) is 5.56 Å². The van der Waals surface area contributed by atoms with Gasteiger partial charge in [-0.3, -0.25) is 4.79 Å². The van der Waals surface area contributed by atoms with Gasteiger partial charge >= 0.3 is 0 Å². The fourth-order valence-corrected chi connectivity index (χ4v) is 2.51. The van der Waals surface area contributed by atoms with Crippen LogP contribution in [0.1, 0.15) is 34.8 Å². The third kappa shape index (κ3) is 3.83. The summed E-state index contributed by atoms with van der Waals surface area (Å²) in [5, 5.41) is 6.37. The molecule has 1 aromatic carbocycles. The fraction of sp³-hybridized carbons (Fsp3) is 0.231. The number of nitrogens with one attached hydrogen (secondary N) is 1. The first-order chi connectivity index (χ1) is 9.77. The van der Waals surface area contributed by atoms with Crippen molar-refractivity contribution in [1.82, 2.24) is 10.5 Å². The van der Waals surface area contributed by atoms with Crippen molar-refractivity contribution in [3.63, 3.8) is 0 Å². The quantitative estimate of drug-likeness (QED) is 0.870. The van der Waals surface area contributed by atoms with Gasteiger partial charge in [-0.25, -0.2) is 8.42 Å². The number of halogens is 1. The van der Waals surface area contributed by atoms with E-state index in [4.69, 9.17) is 15.2 Å². The second-order valence-electron chi connectivity index (χ2n) is 4.53. The summed E-state index contributed by atoms with van der Waals surface area (Å²) >= 11 is 0. The van der Waals surface area contributed by atoms with Crippen molar-refractivity contribution >= 4 is 25.6 Å². The van der Waals surface area contributed by atoms with Crippen molar-refractivity contribution < 1.29 is 17.7 Å². The van der Waals surface area contributed by atoms with Gasteiger partial charge in [0.1, 0.15) is 0 Å². The average molecular weight is 329 g/mol. The number of benzene rings is 1. The maximum absolute atomic E-state index is 11.9. The van der Waals surface area contributed by atoms with Crippen molar-refractivity contribution in [2.45, 2.75) is 24.8 Å². The molecule has 0 saturated heterocycles. The smallest absolute Gasteiger partial charge is 0.290 e. The van der Waals surface area contributed by atoms with E-state index in [-0.39, 0.29) is 16.7 Å². The maximum atomic E-state index is 11.9. The van der Waals surface area contributed by atoms with Crippen LogP contribution < -0.4 is 5.32 Å². The zero-order valence-corrected chi connectivity index (χ0v) is 12.9. The molecule has 0 aliphatic rings. The molecule has 8 heteroatoms. The van der Waals surface area contributed by atoms with Crippen LogP contribution in [-0.2, 0) is 9.05 Å².